The van der Waals surface area contributed by atoms with Gasteiger partial charge in [-0.15, -0.1) is 0 Å². The van der Waals surface area contributed by atoms with Gasteiger partial charge in [0.05, 0.1) is 12.9 Å². The molecule has 0 aliphatic carbocycles. The first-order valence-electron chi connectivity index (χ1n) is 14.8. The summed E-state index contributed by atoms with van der Waals surface area (Å²) in [5.74, 6) is -0.328. The molecule has 4 N–H and O–H groups in total. The van der Waals surface area contributed by atoms with Crippen molar-refractivity contribution in [2.45, 2.75) is 43.9 Å². The third kappa shape index (κ3) is 7.96. The molecule has 1 aliphatic rings. The zero-order valence-electron chi connectivity index (χ0n) is 25.0. The van der Waals surface area contributed by atoms with Crippen LogP contribution in [0.15, 0.2) is 97.3 Å². The highest BCUT2D eigenvalue weighted by Crippen LogP contribution is 2.49. The van der Waals surface area contributed by atoms with Crippen molar-refractivity contribution in [2.24, 2.45) is 0 Å². The van der Waals surface area contributed by atoms with Gasteiger partial charge >= 0.3 is 13.7 Å². The second-order valence-electron chi connectivity index (χ2n) is 10.8. The SMILES string of the molecule is Nc1nc(Cl)nc2c1ncn2[C@H]1CC(OP(=O)(N[C@@H](Cc2ccccc2)C(=O)OCc2ccccc2)Oc2ccccc2)C(CO)O1. The number of aromatic nitrogens is 4. The van der Waals surface area contributed by atoms with Gasteiger partial charge in [0.1, 0.15) is 42.4 Å². The number of esters is 1. The summed E-state index contributed by atoms with van der Waals surface area (Å²) in [5, 5.41) is 13.0. The van der Waals surface area contributed by atoms with Crippen LogP contribution < -0.4 is 15.3 Å². The van der Waals surface area contributed by atoms with Gasteiger partial charge in [-0.25, -0.2) is 9.55 Å². The Bertz CT molecular complexity index is 1850. The van der Waals surface area contributed by atoms with Crippen molar-refractivity contribution in [1.29, 1.82) is 0 Å². The molecule has 244 valence electrons. The number of aliphatic hydroxyl groups excluding tert-OH is 1. The molecule has 1 aliphatic heterocycles. The van der Waals surface area contributed by atoms with Crippen molar-refractivity contribution < 1.29 is 33.0 Å². The number of hydrogen-bond donors (Lipinski definition) is 3. The number of nitrogens with two attached hydrogens (primary N) is 1. The van der Waals surface area contributed by atoms with E-state index in [1.54, 1.807) is 34.9 Å². The van der Waals surface area contributed by atoms with Gasteiger partial charge < -0.3 is 24.8 Å². The average Bonchev–Trinajstić information content (AvgIpc) is 3.68. The Morgan fingerprint density at radius 1 is 1.04 bits per heavy atom. The quantitative estimate of drug-likeness (QED) is 0.0878. The Kier molecular flexibility index (Phi) is 10.1. The van der Waals surface area contributed by atoms with Crippen LogP contribution in [0.1, 0.15) is 23.8 Å². The van der Waals surface area contributed by atoms with Crippen molar-refractivity contribution in [3.63, 3.8) is 0 Å². The predicted octanol–water partition coefficient (Wildman–Crippen LogP) is 4.86. The lowest BCUT2D eigenvalue weighted by molar-refractivity contribution is -0.147. The molecule has 5 aromatic rings. The fourth-order valence-electron chi connectivity index (χ4n) is 5.20. The summed E-state index contributed by atoms with van der Waals surface area (Å²) in [4.78, 5) is 26.0. The van der Waals surface area contributed by atoms with Gasteiger partial charge in [0.2, 0.25) is 5.28 Å². The summed E-state index contributed by atoms with van der Waals surface area (Å²) in [6.07, 6.45) is -0.963. The number of imidazole rings is 1. The number of nitrogen functional groups attached to an aromatic ring is 1. The van der Waals surface area contributed by atoms with Crippen LogP contribution in [0.5, 0.6) is 5.75 Å². The second-order valence-corrected chi connectivity index (χ2v) is 12.7. The smallest absolute Gasteiger partial charge is 0.459 e. The monoisotopic (exact) mass is 678 g/mol. The number of halogens is 1. The van der Waals surface area contributed by atoms with Crippen molar-refractivity contribution in [1.82, 2.24) is 24.6 Å². The van der Waals surface area contributed by atoms with Crippen LogP contribution in [0, 0.1) is 0 Å². The molecule has 1 fully saturated rings. The molecule has 0 radical (unpaired) electrons. The van der Waals surface area contributed by atoms with E-state index in [0.717, 1.165) is 11.1 Å². The Balaban J connectivity index is 1.28. The zero-order valence-corrected chi connectivity index (χ0v) is 26.6. The van der Waals surface area contributed by atoms with Crippen LogP contribution in [0.4, 0.5) is 5.82 Å². The molecule has 0 bridgehead atoms. The normalized spacial score (nSPS) is 19.7. The van der Waals surface area contributed by atoms with Crippen LogP contribution in [0.2, 0.25) is 5.28 Å². The Morgan fingerprint density at radius 3 is 2.38 bits per heavy atom. The first-order chi connectivity index (χ1) is 22.8. The molecular formula is C32H32ClN6O7P. The van der Waals surface area contributed by atoms with E-state index in [0.29, 0.717) is 11.2 Å². The number of aliphatic hydroxyl groups is 1. The van der Waals surface area contributed by atoms with Gasteiger partial charge in [-0.1, -0.05) is 78.9 Å². The molecule has 0 amide bonds. The number of anilines is 1. The highest BCUT2D eigenvalue weighted by Gasteiger charge is 2.44. The molecule has 1 saturated heterocycles. The van der Waals surface area contributed by atoms with Crippen molar-refractivity contribution in [3.05, 3.63) is 114 Å². The van der Waals surface area contributed by atoms with E-state index in [1.807, 2.05) is 60.7 Å². The summed E-state index contributed by atoms with van der Waals surface area (Å²) in [6.45, 7) is -0.456. The molecule has 0 saturated carbocycles. The third-order valence-corrected chi connectivity index (χ3v) is 9.24. The summed E-state index contributed by atoms with van der Waals surface area (Å²) in [7, 11) is -4.38. The van der Waals surface area contributed by atoms with Gasteiger partial charge in [0.25, 0.3) is 0 Å². The molecule has 3 aromatic carbocycles. The number of nitrogens with one attached hydrogen (secondary N) is 1. The standard InChI is InChI=1S/C32H32ClN6O7P/c33-32-36-29(34)28-30(37-32)39(20-35-28)27-17-25(26(18-40)44-27)46-47(42,45-23-14-8-3-9-15-23)38-24(16-21-10-4-1-5-11-21)31(41)43-19-22-12-6-2-7-13-22/h1-15,20,24-27,40H,16-19H2,(H,38,42)(H2,34,36,37)/t24-,25?,26?,27+,47?/m0/s1. The third-order valence-electron chi connectivity index (χ3n) is 7.44. The number of fused-ring (bicyclic) bond motifs is 1. The number of carbonyl (C=O) groups is 1. The summed E-state index contributed by atoms with van der Waals surface area (Å²) < 4.78 is 40.2. The number of rotatable bonds is 13. The van der Waals surface area contributed by atoms with E-state index in [2.05, 4.69) is 20.0 Å². The molecule has 5 atom stereocenters. The van der Waals surface area contributed by atoms with Crippen molar-refractivity contribution in [3.8, 4) is 5.75 Å². The molecule has 15 heteroatoms. The molecule has 3 heterocycles. The largest absolute Gasteiger partial charge is 0.460 e. The first-order valence-corrected chi connectivity index (χ1v) is 16.7. The number of hydrogen-bond acceptors (Lipinski definition) is 11. The van der Waals surface area contributed by atoms with Gasteiger partial charge in [-0.2, -0.15) is 15.1 Å². The molecule has 13 nitrogen and oxygen atoms in total. The minimum atomic E-state index is -4.38. The van der Waals surface area contributed by atoms with E-state index in [4.69, 9.17) is 35.9 Å². The second kappa shape index (κ2) is 14.6. The first kappa shape index (κ1) is 32.6. The Hall–Kier alpha value is -4.36. The Labute approximate surface area is 275 Å². The summed E-state index contributed by atoms with van der Waals surface area (Å²) in [5.41, 5.74) is 8.19. The average molecular weight is 679 g/mol. The van der Waals surface area contributed by atoms with Crippen LogP contribution >= 0.6 is 19.3 Å². The minimum absolute atomic E-state index is 0.0129. The van der Waals surface area contributed by atoms with Gasteiger partial charge in [0.15, 0.2) is 11.5 Å². The molecule has 2 aromatic heterocycles. The van der Waals surface area contributed by atoms with Gasteiger partial charge in [-0.3, -0.25) is 13.9 Å². The molecule has 3 unspecified atom stereocenters. The maximum atomic E-state index is 14.7. The number of nitrogens with zero attached hydrogens (tertiary/aromatic N) is 4. The predicted molar refractivity (Wildman–Crippen MR) is 173 cm³/mol. The lowest BCUT2D eigenvalue weighted by Gasteiger charge is -2.28. The number of ether oxygens (including phenoxy) is 2. The van der Waals surface area contributed by atoms with Crippen molar-refractivity contribution >= 4 is 42.3 Å². The van der Waals surface area contributed by atoms with E-state index >= 15 is 0 Å². The minimum Gasteiger partial charge on any atom is -0.460 e. The fraction of sp³-hybridized carbons (Fsp3) is 0.250. The highest BCUT2D eigenvalue weighted by atomic mass is 35.5. The van der Waals surface area contributed by atoms with Crippen LogP contribution in [-0.4, -0.2) is 55.5 Å². The maximum Gasteiger partial charge on any atom is 0.459 e. The number of benzene rings is 3. The summed E-state index contributed by atoms with van der Waals surface area (Å²) >= 11 is 6.05. The van der Waals surface area contributed by atoms with Gasteiger partial charge in [-0.05, 0) is 41.3 Å². The Morgan fingerprint density at radius 2 is 1.70 bits per heavy atom. The van der Waals surface area contributed by atoms with Crippen molar-refractivity contribution in [2.75, 3.05) is 12.3 Å². The van der Waals surface area contributed by atoms with E-state index < -0.39 is 44.8 Å². The van der Waals surface area contributed by atoms with Gasteiger partial charge in [0, 0.05) is 6.42 Å². The fourth-order valence-corrected chi connectivity index (χ4v) is 7.08. The van der Waals surface area contributed by atoms with E-state index in [-0.39, 0.29) is 36.3 Å². The molecule has 6 rings (SSSR count). The maximum absolute atomic E-state index is 14.7. The van der Waals surface area contributed by atoms with Crippen LogP contribution in [0.25, 0.3) is 11.2 Å². The zero-order chi connectivity index (χ0) is 32.8. The van der Waals surface area contributed by atoms with Crippen LogP contribution in [0.3, 0.4) is 0 Å². The lowest BCUT2D eigenvalue weighted by Crippen LogP contribution is -2.41. The number of para-hydroxylation sites is 1. The molecular weight excluding hydrogens is 647 g/mol. The van der Waals surface area contributed by atoms with E-state index in [9.17, 15) is 14.5 Å². The lowest BCUT2D eigenvalue weighted by atomic mass is 10.1. The van der Waals surface area contributed by atoms with Crippen LogP contribution in [-0.2, 0) is 36.4 Å². The molecule has 47 heavy (non-hydrogen) atoms. The summed E-state index contributed by atoms with van der Waals surface area (Å²) in [6, 6.07) is 25.7. The highest BCUT2D eigenvalue weighted by molar-refractivity contribution is 7.52. The van der Waals surface area contributed by atoms with E-state index in [1.165, 1.54) is 6.33 Å². The number of carbonyl (C=O) groups excluding carboxylic acids is 1. The topological polar surface area (TPSA) is 173 Å². The molecule has 0 spiro atoms.